The van der Waals surface area contributed by atoms with Crippen LogP contribution in [0.1, 0.15) is 22.2 Å². The van der Waals surface area contributed by atoms with E-state index < -0.39 is 23.5 Å². The third-order valence-electron chi connectivity index (χ3n) is 5.01. The summed E-state index contributed by atoms with van der Waals surface area (Å²) in [6.45, 7) is 1.73. The molecular weight excluding hydrogens is 510 g/mol. The van der Waals surface area contributed by atoms with Gasteiger partial charge in [-0.3, -0.25) is 14.5 Å². The number of amides is 1. The number of aliphatic hydroxyl groups excluding tert-OH is 1. The summed E-state index contributed by atoms with van der Waals surface area (Å²) in [4.78, 5) is 27.5. The number of allylic oxidation sites excluding steroid dienone is 1. The molecule has 168 valence electrons. The fourth-order valence-electron chi connectivity index (χ4n) is 3.49. The molecule has 0 bridgehead atoms. The zero-order valence-corrected chi connectivity index (χ0v) is 19.9. The third kappa shape index (κ3) is 4.27. The van der Waals surface area contributed by atoms with Gasteiger partial charge in [0, 0.05) is 0 Å². The lowest BCUT2D eigenvalue weighted by atomic mass is 9.95. The lowest BCUT2D eigenvalue weighted by Crippen LogP contribution is -2.31. The highest BCUT2D eigenvalue weighted by Crippen LogP contribution is 2.45. The maximum absolute atomic E-state index is 13.2. The van der Waals surface area contributed by atoms with Crippen molar-refractivity contribution in [2.45, 2.75) is 13.0 Å². The molecule has 1 unspecified atom stereocenters. The molecule has 0 aliphatic carbocycles. The molecule has 1 aromatic heterocycles. The molecule has 1 aliphatic heterocycles. The molecule has 0 saturated carbocycles. The number of anilines is 1. The van der Waals surface area contributed by atoms with Crippen molar-refractivity contribution in [3.63, 3.8) is 0 Å². The van der Waals surface area contributed by atoms with E-state index in [0.29, 0.717) is 15.0 Å². The topological polar surface area (TPSA) is 113 Å². The van der Waals surface area contributed by atoms with Crippen molar-refractivity contribution in [2.75, 3.05) is 12.0 Å². The van der Waals surface area contributed by atoms with E-state index in [-0.39, 0.29) is 22.2 Å². The lowest BCUT2D eigenvalue weighted by Gasteiger charge is -2.24. The van der Waals surface area contributed by atoms with Gasteiger partial charge in [0.1, 0.15) is 5.01 Å². The summed E-state index contributed by atoms with van der Waals surface area (Å²) in [5.74, 6) is -1.97. The van der Waals surface area contributed by atoms with Gasteiger partial charge in [0.25, 0.3) is 5.91 Å². The Kier molecular flexibility index (Phi) is 6.30. The smallest absolute Gasteiger partial charge is 0.296 e. The number of methoxy groups -OCH3 is 1. The zero-order valence-electron chi connectivity index (χ0n) is 17.5. The number of aromatic hydroxyl groups is 1. The molecule has 1 amide bonds. The molecule has 3 aromatic rings. The molecule has 2 heterocycles. The highest BCUT2D eigenvalue weighted by Gasteiger charge is 2.45. The molecule has 0 radical (unpaired) electrons. The van der Waals surface area contributed by atoms with Crippen LogP contribution in [0.15, 0.2) is 64.3 Å². The van der Waals surface area contributed by atoms with Gasteiger partial charge in [-0.2, -0.15) is 0 Å². The fraction of sp³-hybridized carbons (Fsp3) is 0.130. The van der Waals surface area contributed by atoms with Crippen LogP contribution < -0.4 is 9.64 Å². The van der Waals surface area contributed by atoms with Gasteiger partial charge in [-0.1, -0.05) is 47.7 Å². The Morgan fingerprint density at radius 2 is 1.94 bits per heavy atom. The van der Waals surface area contributed by atoms with Crippen molar-refractivity contribution in [3.05, 3.63) is 80.5 Å². The lowest BCUT2D eigenvalue weighted by molar-refractivity contribution is -0.117. The largest absolute Gasteiger partial charge is 0.503 e. The minimum absolute atomic E-state index is 0.111. The van der Waals surface area contributed by atoms with Crippen LogP contribution >= 0.6 is 27.3 Å². The quantitative estimate of drug-likeness (QED) is 0.453. The Hall–Kier alpha value is -3.50. The van der Waals surface area contributed by atoms with E-state index in [0.717, 1.165) is 16.9 Å². The monoisotopic (exact) mass is 527 g/mol. The number of aromatic nitrogens is 2. The number of aryl methyl sites for hydroxylation is 1. The molecule has 2 aromatic carbocycles. The maximum atomic E-state index is 13.2. The van der Waals surface area contributed by atoms with Gasteiger partial charge in [-0.25, -0.2) is 0 Å². The summed E-state index contributed by atoms with van der Waals surface area (Å²) in [7, 11) is 1.39. The number of benzene rings is 2. The van der Waals surface area contributed by atoms with Crippen LogP contribution in [0.5, 0.6) is 11.5 Å². The molecule has 1 atom stereocenters. The van der Waals surface area contributed by atoms with Crippen molar-refractivity contribution in [2.24, 2.45) is 0 Å². The van der Waals surface area contributed by atoms with E-state index in [1.54, 1.807) is 19.1 Å². The summed E-state index contributed by atoms with van der Waals surface area (Å²) in [5.41, 5.74) is 1.11. The van der Waals surface area contributed by atoms with E-state index in [4.69, 9.17) is 4.74 Å². The fourth-order valence-corrected chi connectivity index (χ4v) is 4.66. The first-order valence-electron chi connectivity index (χ1n) is 9.72. The molecule has 0 fully saturated rings. The number of phenolic OH excluding ortho intramolecular Hbond substituents is 1. The molecule has 2 N–H and O–H groups in total. The number of phenols is 1. The molecular formula is C23H18BrN3O5S. The number of ether oxygens (including phenoxy) is 1. The molecule has 0 spiro atoms. The van der Waals surface area contributed by atoms with Crippen LogP contribution in [0.2, 0.25) is 0 Å². The second-order valence-electron chi connectivity index (χ2n) is 7.11. The molecule has 1 aliphatic rings. The van der Waals surface area contributed by atoms with Gasteiger partial charge in [-0.15, -0.1) is 10.2 Å². The highest BCUT2D eigenvalue weighted by atomic mass is 79.9. The summed E-state index contributed by atoms with van der Waals surface area (Å²) in [6, 6.07) is 11.2. The van der Waals surface area contributed by atoms with Gasteiger partial charge in [-0.05, 0) is 52.2 Å². The Balaban J connectivity index is 1.84. The SMILES string of the molecule is COc1cc(C2C(C(=O)C=Cc3ccccc3)=C(O)C(=O)N2c2nnc(C)s2)cc(Br)c1O. The Morgan fingerprint density at radius 1 is 1.21 bits per heavy atom. The number of hydrogen-bond donors (Lipinski definition) is 2. The van der Waals surface area contributed by atoms with Gasteiger partial charge in [0.15, 0.2) is 23.0 Å². The normalized spacial score (nSPS) is 16.2. The predicted octanol–water partition coefficient (Wildman–Crippen LogP) is 4.51. The van der Waals surface area contributed by atoms with Gasteiger partial charge in [0.2, 0.25) is 5.13 Å². The van der Waals surface area contributed by atoms with E-state index in [2.05, 4.69) is 26.1 Å². The Bertz CT molecular complexity index is 1300. The van der Waals surface area contributed by atoms with Crippen molar-refractivity contribution >= 4 is 50.2 Å². The molecule has 8 nitrogen and oxygen atoms in total. The number of nitrogens with zero attached hydrogens (tertiary/aromatic N) is 3. The number of hydrogen-bond acceptors (Lipinski definition) is 8. The van der Waals surface area contributed by atoms with Crippen LogP contribution in [-0.4, -0.2) is 39.2 Å². The summed E-state index contributed by atoms with van der Waals surface area (Å²) in [6.07, 6.45) is 2.91. The number of aliphatic hydroxyl groups is 1. The van der Waals surface area contributed by atoms with Crippen molar-refractivity contribution in [1.29, 1.82) is 0 Å². The van der Waals surface area contributed by atoms with E-state index in [1.165, 1.54) is 24.2 Å². The maximum Gasteiger partial charge on any atom is 0.296 e. The predicted molar refractivity (Wildman–Crippen MR) is 127 cm³/mol. The molecule has 4 rings (SSSR count). The minimum atomic E-state index is -1.01. The average Bonchev–Trinajstić information content (AvgIpc) is 3.35. The Labute approximate surface area is 201 Å². The molecule has 33 heavy (non-hydrogen) atoms. The van der Waals surface area contributed by atoms with Gasteiger partial charge in [0.05, 0.1) is 23.2 Å². The summed E-state index contributed by atoms with van der Waals surface area (Å²) < 4.78 is 5.54. The minimum Gasteiger partial charge on any atom is -0.503 e. The standard InChI is InChI=1S/C23H18BrN3O5S/c1-12-25-26-23(33-12)27-19(14-10-15(24)20(29)17(11-14)32-2)18(21(30)22(27)31)16(28)9-8-13-6-4-3-5-7-13/h3-11,19,29-30H,1-2H3. The van der Waals surface area contributed by atoms with Gasteiger partial charge >= 0.3 is 0 Å². The van der Waals surface area contributed by atoms with E-state index in [1.807, 2.05) is 30.3 Å². The third-order valence-corrected chi connectivity index (χ3v) is 6.45. The Morgan fingerprint density at radius 3 is 2.58 bits per heavy atom. The first kappa shape index (κ1) is 22.7. The number of rotatable bonds is 6. The van der Waals surface area contributed by atoms with Crippen LogP contribution in [0, 0.1) is 6.92 Å². The summed E-state index contributed by atoms with van der Waals surface area (Å²) in [5, 5.41) is 29.8. The first-order valence-corrected chi connectivity index (χ1v) is 11.3. The number of carbonyl (C=O) groups is 2. The van der Waals surface area contributed by atoms with Crippen LogP contribution in [-0.2, 0) is 9.59 Å². The first-order chi connectivity index (χ1) is 15.8. The second kappa shape index (κ2) is 9.16. The van der Waals surface area contributed by atoms with E-state index in [9.17, 15) is 19.8 Å². The zero-order chi connectivity index (χ0) is 23.7. The number of carbonyl (C=O) groups excluding carboxylic acids is 2. The van der Waals surface area contributed by atoms with E-state index >= 15 is 0 Å². The van der Waals surface area contributed by atoms with Crippen molar-refractivity contribution in [1.82, 2.24) is 10.2 Å². The van der Waals surface area contributed by atoms with Crippen molar-refractivity contribution in [3.8, 4) is 11.5 Å². The average molecular weight is 528 g/mol. The highest BCUT2D eigenvalue weighted by molar-refractivity contribution is 9.10. The number of halogens is 1. The second-order valence-corrected chi connectivity index (χ2v) is 9.12. The van der Waals surface area contributed by atoms with Crippen LogP contribution in [0.25, 0.3) is 6.08 Å². The number of ketones is 1. The summed E-state index contributed by atoms with van der Waals surface area (Å²) >= 11 is 4.43. The van der Waals surface area contributed by atoms with Gasteiger partial charge < -0.3 is 14.9 Å². The van der Waals surface area contributed by atoms with Crippen LogP contribution in [0.3, 0.4) is 0 Å². The van der Waals surface area contributed by atoms with Crippen LogP contribution in [0.4, 0.5) is 5.13 Å². The molecule has 10 heteroatoms. The van der Waals surface area contributed by atoms with Crippen molar-refractivity contribution < 1.29 is 24.5 Å². The molecule has 0 saturated heterocycles.